The van der Waals surface area contributed by atoms with E-state index in [1.165, 1.54) is 80.6 Å². The molecule has 1 aliphatic heterocycles. The van der Waals surface area contributed by atoms with Crippen molar-refractivity contribution in [2.45, 2.75) is 32.1 Å². The van der Waals surface area contributed by atoms with Gasteiger partial charge < -0.3 is 9.32 Å². The zero-order chi connectivity index (χ0) is 34.9. The van der Waals surface area contributed by atoms with Crippen LogP contribution < -0.4 is 4.90 Å². The molecule has 0 radical (unpaired) electrons. The Hall–Kier alpha value is -6.45. The van der Waals surface area contributed by atoms with Crippen molar-refractivity contribution in [3.63, 3.8) is 0 Å². The van der Waals surface area contributed by atoms with Gasteiger partial charge in [-0.1, -0.05) is 103 Å². The summed E-state index contributed by atoms with van der Waals surface area (Å²) in [6.07, 6.45) is 5.82. The molecule has 0 atom stereocenters. The molecule has 0 bridgehead atoms. The van der Waals surface area contributed by atoms with Crippen LogP contribution >= 0.6 is 0 Å². The fraction of sp³-hybridized carbons (Fsp3) is 0.100. The van der Waals surface area contributed by atoms with E-state index in [-0.39, 0.29) is 0 Å². The molecule has 2 aliphatic rings. The Labute approximate surface area is 308 Å². The van der Waals surface area contributed by atoms with Crippen molar-refractivity contribution < 1.29 is 4.42 Å². The third kappa shape index (κ3) is 5.07. The van der Waals surface area contributed by atoms with Gasteiger partial charge in [-0.3, -0.25) is 4.99 Å². The van der Waals surface area contributed by atoms with Crippen molar-refractivity contribution in [2.75, 3.05) is 4.90 Å². The number of aliphatic imine (C=N–C) groups is 1. The number of aryl methyl sites for hydroxylation is 2. The zero-order valence-corrected chi connectivity index (χ0v) is 29.3. The standard InChI is InChI=1S/C50H36N2O/c1-2-9-34(10-3-1)48-31-45-43-23-18-37-29-39(21-24-41(37)42(43)25-26-47(45)51-48)52(40-22-27-50-46(30-40)44-12-6-7-13-49(44)53-50)38-19-16-33(17-20-38)36-15-14-32-8-4-5-11-35(32)28-36/h1-3,6-7,9-10,12-30H,4-5,8,11,31H2. The van der Waals surface area contributed by atoms with Gasteiger partial charge >= 0.3 is 0 Å². The third-order valence-electron chi connectivity index (χ3n) is 11.5. The molecule has 3 nitrogen and oxygen atoms in total. The van der Waals surface area contributed by atoms with Crippen LogP contribution in [0.1, 0.15) is 35.1 Å². The fourth-order valence-electron chi connectivity index (χ4n) is 8.78. The van der Waals surface area contributed by atoms with E-state index < -0.39 is 0 Å². The molecule has 2 heterocycles. The van der Waals surface area contributed by atoms with E-state index in [2.05, 4.69) is 150 Å². The van der Waals surface area contributed by atoms with E-state index in [9.17, 15) is 0 Å². The number of para-hydroxylation sites is 1. The smallest absolute Gasteiger partial charge is 0.135 e. The van der Waals surface area contributed by atoms with Gasteiger partial charge in [-0.15, -0.1) is 0 Å². The molecule has 53 heavy (non-hydrogen) atoms. The van der Waals surface area contributed by atoms with Crippen molar-refractivity contribution >= 4 is 71.9 Å². The van der Waals surface area contributed by atoms with Crippen molar-refractivity contribution in [1.82, 2.24) is 0 Å². The van der Waals surface area contributed by atoms with Crippen LogP contribution in [0.2, 0.25) is 0 Å². The maximum atomic E-state index is 6.24. The van der Waals surface area contributed by atoms with E-state index in [4.69, 9.17) is 9.41 Å². The summed E-state index contributed by atoms with van der Waals surface area (Å²) in [6.45, 7) is 0. The van der Waals surface area contributed by atoms with Gasteiger partial charge in [-0.25, -0.2) is 0 Å². The maximum Gasteiger partial charge on any atom is 0.135 e. The summed E-state index contributed by atoms with van der Waals surface area (Å²) in [7, 11) is 0. The first kappa shape index (κ1) is 30.2. The molecule has 0 saturated heterocycles. The van der Waals surface area contributed by atoms with Crippen molar-refractivity contribution in [3.05, 3.63) is 180 Å². The number of furan rings is 1. The summed E-state index contributed by atoms with van der Waals surface area (Å²) in [5.41, 5.74) is 15.4. The third-order valence-corrected chi connectivity index (χ3v) is 11.5. The average molecular weight is 681 g/mol. The second-order valence-corrected chi connectivity index (χ2v) is 14.6. The Bertz CT molecular complexity index is 2920. The lowest BCUT2D eigenvalue weighted by Gasteiger charge is -2.26. The van der Waals surface area contributed by atoms with Crippen molar-refractivity contribution in [1.29, 1.82) is 0 Å². The number of hydrogen-bond donors (Lipinski definition) is 0. The summed E-state index contributed by atoms with van der Waals surface area (Å²) in [5, 5.41) is 7.26. The number of benzene rings is 8. The summed E-state index contributed by atoms with van der Waals surface area (Å²) in [6, 6.07) is 57.5. The molecule has 1 aliphatic carbocycles. The van der Waals surface area contributed by atoms with Gasteiger partial charge in [0.1, 0.15) is 11.2 Å². The molecule has 0 amide bonds. The Morgan fingerprint density at radius 1 is 0.453 bits per heavy atom. The Balaban J connectivity index is 1.02. The molecule has 0 fully saturated rings. The highest BCUT2D eigenvalue weighted by Crippen LogP contribution is 2.43. The fourth-order valence-corrected chi connectivity index (χ4v) is 8.78. The highest BCUT2D eigenvalue weighted by atomic mass is 16.3. The van der Waals surface area contributed by atoms with E-state index in [0.29, 0.717) is 0 Å². The number of fused-ring (bicyclic) bond motifs is 9. The van der Waals surface area contributed by atoms with Crippen LogP contribution in [0.5, 0.6) is 0 Å². The van der Waals surface area contributed by atoms with Crippen LogP contribution in [-0.2, 0) is 19.3 Å². The minimum atomic E-state index is 0.848. The first-order valence-electron chi connectivity index (χ1n) is 18.8. The Kier molecular flexibility index (Phi) is 6.88. The molecule has 11 rings (SSSR count). The molecule has 0 spiro atoms. The van der Waals surface area contributed by atoms with Gasteiger partial charge in [0, 0.05) is 34.3 Å². The summed E-state index contributed by atoms with van der Waals surface area (Å²) < 4.78 is 6.24. The van der Waals surface area contributed by atoms with Gasteiger partial charge in [0.15, 0.2) is 0 Å². The first-order chi connectivity index (χ1) is 26.2. The molecular weight excluding hydrogens is 645 g/mol. The van der Waals surface area contributed by atoms with Gasteiger partial charge in [0.25, 0.3) is 0 Å². The quantitative estimate of drug-likeness (QED) is 0.169. The average Bonchev–Trinajstić information content (AvgIpc) is 3.83. The van der Waals surface area contributed by atoms with Crippen LogP contribution in [0.3, 0.4) is 0 Å². The lowest BCUT2D eigenvalue weighted by Crippen LogP contribution is -2.10. The van der Waals surface area contributed by atoms with Crippen LogP contribution in [0.25, 0.3) is 54.6 Å². The lowest BCUT2D eigenvalue weighted by atomic mass is 9.89. The van der Waals surface area contributed by atoms with Gasteiger partial charge in [-0.2, -0.15) is 0 Å². The number of hydrogen-bond acceptors (Lipinski definition) is 3. The van der Waals surface area contributed by atoms with Crippen molar-refractivity contribution in [3.8, 4) is 11.1 Å². The Morgan fingerprint density at radius 2 is 1.17 bits per heavy atom. The molecule has 0 saturated carbocycles. The van der Waals surface area contributed by atoms with Gasteiger partial charge in [-0.05, 0) is 135 Å². The first-order valence-corrected chi connectivity index (χ1v) is 18.8. The van der Waals surface area contributed by atoms with E-state index in [0.717, 1.165) is 56.8 Å². The lowest BCUT2D eigenvalue weighted by molar-refractivity contribution is 0.669. The Morgan fingerprint density at radius 3 is 2.08 bits per heavy atom. The molecule has 1 aromatic heterocycles. The second kappa shape index (κ2) is 12.1. The molecule has 0 N–H and O–H groups in total. The normalized spacial score (nSPS) is 13.8. The van der Waals surface area contributed by atoms with Crippen LogP contribution in [0.15, 0.2) is 167 Å². The highest BCUT2D eigenvalue weighted by molar-refractivity contribution is 6.15. The summed E-state index contributed by atoms with van der Waals surface area (Å²) in [5.74, 6) is 0. The SMILES string of the molecule is c1ccc(C2=Nc3ccc4c(ccc5cc(N(c6ccc(-c7ccc8c(c7)CCCC8)cc6)c6ccc7oc8ccccc8c7c6)ccc54)c3C2)cc1. The highest BCUT2D eigenvalue weighted by Gasteiger charge is 2.21. The van der Waals surface area contributed by atoms with Crippen LogP contribution in [-0.4, -0.2) is 5.71 Å². The molecule has 8 aromatic carbocycles. The monoisotopic (exact) mass is 680 g/mol. The maximum absolute atomic E-state index is 6.24. The number of anilines is 3. The number of nitrogens with zero attached hydrogens (tertiary/aromatic N) is 2. The predicted molar refractivity (Wildman–Crippen MR) is 222 cm³/mol. The zero-order valence-electron chi connectivity index (χ0n) is 29.3. The summed E-state index contributed by atoms with van der Waals surface area (Å²) >= 11 is 0. The molecule has 3 heteroatoms. The number of rotatable bonds is 5. The van der Waals surface area contributed by atoms with Crippen LogP contribution in [0.4, 0.5) is 22.7 Å². The van der Waals surface area contributed by atoms with Gasteiger partial charge in [0.2, 0.25) is 0 Å². The molecular formula is C50H36N2O. The minimum Gasteiger partial charge on any atom is -0.456 e. The van der Waals surface area contributed by atoms with E-state index in [1.54, 1.807) is 0 Å². The van der Waals surface area contributed by atoms with Crippen LogP contribution in [0, 0.1) is 0 Å². The summed E-state index contributed by atoms with van der Waals surface area (Å²) in [4.78, 5) is 7.42. The molecule has 9 aromatic rings. The van der Waals surface area contributed by atoms with Crippen molar-refractivity contribution in [2.24, 2.45) is 4.99 Å². The largest absolute Gasteiger partial charge is 0.456 e. The molecule has 0 unspecified atom stereocenters. The minimum absolute atomic E-state index is 0.848. The second-order valence-electron chi connectivity index (χ2n) is 14.6. The predicted octanol–water partition coefficient (Wildman–Crippen LogP) is 13.6. The van der Waals surface area contributed by atoms with Gasteiger partial charge in [0.05, 0.1) is 11.4 Å². The molecule has 252 valence electrons. The van der Waals surface area contributed by atoms with E-state index >= 15 is 0 Å². The topological polar surface area (TPSA) is 28.7 Å². The van der Waals surface area contributed by atoms with E-state index in [1.807, 2.05) is 12.1 Å².